The molecule has 4 aliphatic rings. The van der Waals surface area contributed by atoms with Crippen molar-refractivity contribution in [1.29, 1.82) is 0 Å². The summed E-state index contributed by atoms with van der Waals surface area (Å²) in [5.74, 6) is -6.50. The number of aromatic hydroxyl groups is 1. The van der Waals surface area contributed by atoms with Crippen LogP contribution in [-0.2, 0) is 20.8 Å². The molecular formula is C32H38N2O7. The normalized spacial score (nSPS) is 27.9. The van der Waals surface area contributed by atoms with Crippen molar-refractivity contribution in [2.75, 3.05) is 14.1 Å². The Labute approximate surface area is 239 Å². The Hall–Kier alpha value is -3.69. The number of phenolic OH excluding ortho intramolecular Hbond substituents is 1. The molecule has 9 heteroatoms. The first kappa shape index (κ1) is 28.8. The monoisotopic (exact) mass is 562 g/mol. The van der Waals surface area contributed by atoms with Gasteiger partial charge in [-0.05, 0) is 80.3 Å². The van der Waals surface area contributed by atoms with Crippen molar-refractivity contribution in [3.8, 4) is 5.75 Å². The molecule has 218 valence electrons. The van der Waals surface area contributed by atoms with Gasteiger partial charge in [0, 0.05) is 11.5 Å². The Morgan fingerprint density at radius 1 is 1.12 bits per heavy atom. The lowest BCUT2D eigenvalue weighted by molar-refractivity contribution is -0.153. The number of fused-ring (bicyclic) bond motifs is 3. The van der Waals surface area contributed by atoms with E-state index in [9.17, 15) is 34.8 Å². The van der Waals surface area contributed by atoms with Gasteiger partial charge in [0.05, 0.1) is 11.6 Å². The first-order chi connectivity index (χ1) is 19.1. The third-order valence-corrected chi connectivity index (χ3v) is 9.08. The van der Waals surface area contributed by atoms with E-state index in [2.05, 4.69) is 32.9 Å². The molecule has 4 atom stereocenters. The van der Waals surface area contributed by atoms with Gasteiger partial charge in [-0.25, -0.2) is 0 Å². The molecule has 0 saturated heterocycles. The van der Waals surface area contributed by atoms with E-state index < -0.39 is 58.0 Å². The maximum absolute atomic E-state index is 14.0. The van der Waals surface area contributed by atoms with E-state index in [0.29, 0.717) is 5.56 Å². The minimum Gasteiger partial charge on any atom is -0.508 e. The summed E-state index contributed by atoms with van der Waals surface area (Å²) >= 11 is 0. The number of aliphatic hydroxyl groups is 3. The molecule has 0 aromatic heterocycles. The van der Waals surface area contributed by atoms with Gasteiger partial charge >= 0.3 is 0 Å². The van der Waals surface area contributed by atoms with Crippen molar-refractivity contribution in [3.63, 3.8) is 0 Å². The fourth-order valence-electron chi connectivity index (χ4n) is 7.02. The number of nitrogens with two attached hydrogens (primary N) is 1. The van der Waals surface area contributed by atoms with Gasteiger partial charge in [-0.2, -0.15) is 0 Å². The van der Waals surface area contributed by atoms with E-state index in [1.807, 2.05) is 6.07 Å². The Balaban J connectivity index is 1.59. The Kier molecular flexibility index (Phi) is 6.82. The van der Waals surface area contributed by atoms with Gasteiger partial charge in [0.1, 0.15) is 22.8 Å². The first-order valence-corrected chi connectivity index (χ1v) is 14.0. The van der Waals surface area contributed by atoms with Crippen LogP contribution in [-0.4, -0.2) is 68.5 Å². The molecule has 4 aliphatic carbocycles. The molecule has 0 spiro atoms. The Morgan fingerprint density at radius 2 is 1.80 bits per heavy atom. The number of ketones is 2. The lowest BCUT2D eigenvalue weighted by atomic mass is 9.57. The van der Waals surface area contributed by atoms with Crippen molar-refractivity contribution in [3.05, 3.63) is 63.5 Å². The maximum atomic E-state index is 14.0. The molecule has 1 aromatic carbocycles. The summed E-state index contributed by atoms with van der Waals surface area (Å²) in [6.45, 7) is 6.62. The number of rotatable bonds is 5. The molecule has 0 heterocycles. The van der Waals surface area contributed by atoms with Crippen molar-refractivity contribution >= 4 is 28.8 Å². The lowest BCUT2D eigenvalue weighted by Crippen LogP contribution is -2.65. The second-order valence-corrected chi connectivity index (χ2v) is 13.2. The number of amides is 1. The Morgan fingerprint density at radius 3 is 2.41 bits per heavy atom. The largest absolute Gasteiger partial charge is 0.508 e. The third-order valence-electron chi connectivity index (χ3n) is 9.08. The maximum Gasteiger partial charge on any atom is 0.255 e. The van der Waals surface area contributed by atoms with Crippen LogP contribution in [0.2, 0.25) is 0 Å². The lowest BCUT2D eigenvalue weighted by Gasteiger charge is -2.50. The van der Waals surface area contributed by atoms with Gasteiger partial charge in [0.25, 0.3) is 5.91 Å². The number of hydrogen-bond donors (Lipinski definition) is 5. The number of carbonyl (C=O) groups is 3. The molecule has 0 aliphatic heterocycles. The minimum absolute atomic E-state index is 0.0645. The number of nitrogens with zero attached hydrogens (tertiary/aromatic N) is 1. The van der Waals surface area contributed by atoms with E-state index in [-0.39, 0.29) is 35.1 Å². The summed E-state index contributed by atoms with van der Waals surface area (Å²) in [6.07, 6.45) is 7.25. The number of allylic oxidation sites excluding steroid dienone is 4. The molecule has 0 unspecified atom stereocenters. The van der Waals surface area contributed by atoms with Gasteiger partial charge in [0.2, 0.25) is 5.78 Å². The first-order valence-electron chi connectivity index (χ1n) is 14.0. The average Bonchev–Trinajstić information content (AvgIpc) is 3.33. The molecular weight excluding hydrogens is 524 g/mol. The van der Waals surface area contributed by atoms with Crippen LogP contribution in [0.3, 0.4) is 0 Å². The number of Topliss-reactive ketones (excluding diaryl/α,β-unsaturated/α-hetero) is 2. The molecule has 5 rings (SSSR count). The van der Waals surface area contributed by atoms with Crippen molar-refractivity contribution in [2.24, 2.45) is 23.0 Å². The van der Waals surface area contributed by atoms with Crippen LogP contribution < -0.4 is 5.73 Å². The zero-order valence-electron chi connectivity index (χ0n) is 24.1. The smallest absolute Gasteiger partial charge is 0.255 e. The van der Waals surface area contributed by atoms with Crippen molar-refractivity contribution in [1.82, 2.24) is 4.90 Å². The number of carbonyl (C=O) groups excluding carboxylic acids is 3. The van der Waals surface area contributed by atoms with Gasteiger partial charge in [-0.3, -0.25) is 19.3 Å². The molecule has 6 N–H and O–H groups in total. The van der Waals surface area contributed by atoms with Crippen LogP contribution in [0.1, 0.15) is 63.1 Å². The zero-order chi connectivity index (χ0) is 30.2. The number of benzene rings is 1. The second-order valence-electron chi connectivity index (χ2n) is 13.2. The third kappa shape index (κ3) is 4.42. The summed E-state index contributed by atoms with van der Waals surface area (Å²) in [5.41, 5.74) is 5.99. The predicted octanol–water partition coefficient (Wildman–Crippen LogP) is 3.50. The number of primary amides is 1. The average molecular weight is 563 g/mol. The predicted molar refractivity (Wildman–Crippen MR) is 154 cm³/mol. The molecule has 41 heavy (non-hydrogen) atoms. The van der Waals surface area contributed by atoms with E-state index in [0.717, 1.165) is 30.4 Å². The van der Waals surface area contributed by atoms with E-state index in [1.165, 1.54) is 16.5 Å². The second kappa shape index (κ2) is 9.70. The fraction of sp³-hybridized carbons (Fsp3) is 0.469. The number of hydrogen-bond acceptors (Lipinski definition) is 8. The molecule has 0 bridgehead atoms. The molecule has 9 nitrogen and oxygen atoms in total. The highest BCUT2D eigenvalue weighted by Crippen LogP contribution is 2.53. The fourth-order valence-corrected chi connectivity index (χ4v) is 7.02. The highest BCUT2D eigenvalue weighted by Gasteiger charge is 2.64. The topological polar surface area (TPSA) is 161 Å². The van der Waals surface area contributed by atoms with Crippen LogP contribution in [0, 0.1) is 17.3 Å². The van der Waals surface area contributed by atoms with Crippen molar-refractivity contribution < 1.29 is 34.8 Å². The molecule has 1 aromatic rings. The van der Waals surface area contributed by atoms with Crippen LogP contribution in [0.4, 0.5) is 0 Å². The Bertz CT molecular complexity index is 1500. The van der Waals surface area contributed by atoms with Crippen LogP contribution in [0.15, 0.2) is 46.8 Å². The van der Waals surface area contributed by atoms with E-state index >= 15 is 0 Å². The van der Waals surface area contributed by atoms with Crippen molar-refractivity contribution in [2.45, 2.75) is 64.5 Å². The molecule has 1 saturated carbocycles. The summed E-state index contributed by atoms with van der Waals surface area (Å²) in [7, 11) is 3.17. The summed E-state index contributed by atoms with van der Waals surface area (Å²) in [5, 5.41) is 45.0. The standard InChI is InChI=1S/C32H38N2O7/c1-31(2,3)11-10-15-6-7-16(12-15)18-8-9-21(35)23-19(18)13-17-14-20-25(34(4)5)27(37)24(30(33)40)29(39)32(20,41)28(38)22(17)26(23)36/h6-9,17,20,25,35-36,39,41H,10-14H2,1-5H3,(H2,33,40)/t17-,20-,25-,32-/m1/s1. The number of aliphatic hydroxyl groups excluding tert-OH is 2. The van der Waals surface area contributed by atoms with Gasteiger partial charge in [-0.15, -0.1) is 0 Å². The van der Waals surface area contributed by atoms with Crippen LogP contribution in [0.25, 0.3) is 11.3 Å². The molecule has 1 amide bonds. The van der Waals surface area contributed by atoms with E-state index in [1.54, 1.807) is 14.1 Å². The van der Waals surface area contributed by atoms with E-state index in [4.69, 9.17) is 5.73 Å². The van der Waals surface area contributed by atoms with Crippen LogP contribution in [0.5, 0.6) is 5.75 Å². The number of likely N-dealkylation sites (N-methyl/N-ethyl adjacent to an activating group) is 1. The summed E-state index contributed by atoms with van der Waals surface area (Å²) in [4.78, 5) is 40.9. The van der Waals surface area contributed by atoms with Gasteiger partial charge < -0.3 is 26.2 Å². The highest BCUT2D eigenvalue weighted by molar-refractivity contribution is 6.24. The number of phenols is 1. The van der Waals surface area contributed by atoms with Gasteiger partial charge in [-0.1, -0.05) is 44.6 Å². The minimum atomic E-state index is -2.64. The SMILES string of the molecule is CN(C)[C@H]1C(=O)C(C(N)=O)=C(O)[C@]2(O)C(=O)C3=C(O)c4c(O)ccc(C5=CC=C(CCC(C)(C)C)C5)c4C[C@@H]3C[C@H]12. The molecule has 1 fully saturated rings. The highest BCUT2D eigenvalue weighted by atomic mass is 16.3. The summed E-state index contributed by atoms with van der Waals surface area (Å²) < 4.78 is 0. The summed E-state index contributed by atoms with van der Waals surface area (Å²) in [6, 6.07) is 2.19. The quantitative estimate of drug-likeness (QED) is 0.341. The van der Waals surface area contributed by atoms with Gasteiger partial charge in [0.15, 0.2) is 11.4 Å². The van der Waals surface area contributed by atoms with Crippen LogP contribution >= 0.6 is 0 Å². The molecule has 0 radical (unpaired) electrons. The zero-order valence-corrected chi connectivity index (χ0v) is 24.1.